The van der Waals surface area contributed by atoms with Crippen LogP contribution in [0.3, 0.4) is 0 Å². The fraction of sp³-hybridized carbons (Fsp3) is 0.333. The number of aromatic nitrogens is 1. The van der Waals surface area contributed by atoms with Crippen molar-refractivity contribution in [3.63, 3.8) is 0 Å². The van der Waals surface area contributed by atoms with Gasteiger partial charge in [-0.05, 0) is 60.7 Å². The highest BCUT2D eigenvalue weighted by molar-refractivity contribution is 5.88. The number of benzene rings is 2. The third kappa shape index (κ3) is 4.86. The number of ether oxygens (including phenoxy) is 3. The monoisotopic (exact) mass is 391 g/mol. The lowest BCUT2D eigenvalue weighted by atomic mass is 10.0. The van der Waals surface area contributed by atoms with Crippen LogP contribution in [0, 0.1) is 0 Å². The zero-order valence-electron chi connectivity index (χ0n) is 16.8. The predicted molar refractivity (Wildman–Crippen MR) is 112 cm³/mol. The molecule has 0 spiro atoms. The Morgan fingerprint density at radius 3 is 2.59 bits per heavy atom. The maximum absolute atomic E-state index is 11.0. The second kappa shape index (κ2) is 8.52. The molecule has 0 amide bonds. The van der Waals surface area contributed by atoms with Crippen molar-refractivity contribution in [2.45, 2.75) is 51.9 Å². The smallest absolute Gasteiger partial charge is 0.305 e. The van der Waals surface area contributed by atoms with Gasteiger partial charge in [0, 0.05) is 25.5 Å². The molecule has 0 radical (unpaired) electrons. The zero-order chi connectivity index (χ0) is 20.2. The number of rotatable bonds is 6. The number of nitrogens with zero attached hydrogens (tertiary/aromatic N) is 1. The molecule has 1 aliphatic carbocycles. The highest BCUT2D eigenvalue weighted by Gasteiger charge is 2.17. The Bertz CT molecular complexity index is 1010. The molecule has 1 fully saturated rings. The molecular formula is C24H25NO4. The number of carbonyl (C=O) groups excluding carboxylic acids is 1. The lowest BCUT2D eigenvalue weighted by Crippen LogP contribution is -2.18. The summed E-state index contributed by atoms with van der Waals surface area (Å²) in [5.74, 6) is 0.983. The van der Waals surface area contributed by atoms with Crippen LogP contribution in [0.4, 0.5) is 0 Å². The first kappa shape index (κ1) is 19.2. The summed E-state index contributed by atoms with van der Waals surface area (Å²) in [6.45, 7) is 3.06. The molecule has 1 aromatic heterocycles. The van der Waals surface area contributed by atoms with E-state index < -0.39 is 6.29 Å². The number of hydrogen-bond donors (Lipinski definition) is 0. The first-order valence-corrected chi connectivity index (χ1v) is 10.1. The van der Waals surface area contributed by atoms with Crippen molar-refractivity contribution >= 4 is 16.7 Å². The van der Waals surface area contributed by atoms with Crippen LogP contribution < -0.4 is 9.47 Å². The summed E-state index contributed by atoms with van der Waals surface area (Å²) in [4.78, 5) is 15.7. The SMILES string of the molecule is CC(=O)OC(C)Oc1ccc2cc(-c3cccc(OC4CCCC4)n3)ccc2c1. The molecule has 3 aromatic rings. The Kier molecular flexibility index (Phi) is 5.65. The Morgan fingerprint density at radius 2 is 1.79 bits per heavy atom. The summed E-state index contributed by atoms with van der Waals surface area (Å²) in [7, 11) is 0. The zero-order valence-corrected chi connectivity index (χ0v) is 16.8. The normalized spacial score (nSPS) is 15.2. The van der Waals surface area contributed by atoms with Gasteiger partial charge in [0.2, 0.25) is 12.2 Å². The largest absolute Gasteiger partial charge is 0.474 e. The van der Waals surface area contributed by atoms with E-state index in [9.17, 15) is 4.79 Å². The predicted octanol–water partition coefficient (Wildman–Crippen LogP) is 5.51. The van der Waals surface area contributed by atoms with E-state index in [4.69, 9.17) is 19.2 Å². The van der Waals surface area contributed by atoms with Gasteiger partial charge in [0.15, 0.2) is 0 Å². The fourth-order valence-electron chi connectivity index (χ4n) is 3.72. The van der Waals surface area contributed by atoms with Gasteiger partial charge in [-0.1, -0.05) is 24.3 Å². The number of fused-ring (bicyclic) bond motifs is 1. The summed E-state index contributed by atoms with van der Waals surface area (Å²) in [6.07, 6.45) is 4.36. The molecule has 29 heavy (non-hydrogen) atoms. The first-order valence-electron chi connectivity index (χ1n) is 10.1. The van der Waals surface area contributed by atoms with Crippen LogP contribution in [0.2, 0.25) is 0 Å². The third-order valence-electron chi connectivity index (χ3n) is 5.05. The first-order chi connectivity index (χ1) is 14.1. The Labute approximate surface area is 170 Å². The quantitative estimate of drug-likeness (QED) is 0.409. The van der Waals surface area contributed by atoms with Crippen molar-refractivity contribution in [2.24, 2.45) is 0 Å². The second-order valence-corrected chi connectivity index (χ2v) is 7.40. The summed E-state index contributed by atoms with van der Waals surface area (Å²) >= 11 is 0. The fourth-order valence-corrected chi connectivity index (χ4v) is 3.72. The minimum atomic E-state index is -0.629. The van der Waals surface area contributed by atoms with Crippen LogP contribution in [0.15, 0.2) is 54.6 Å². The van der Waals surface area contributed by atoms with Gasteiger partial charge in [-0.3, -0.25) is 4.79 Å². The maximum Gasteiger partial charge on any atom is 0.305 e. The molecule has 1 aliphatic rings. The van der Waals surface area contributed by atoms with E-state index in [-0.39, 0.29) is 5.97 Å². The number of esters is 1. The highest BCUT2D eigenvalue weighted by atomic mass is 16.7. The lowest BCUT2D eigenvalue weighted by molar-refractivity contribution is -0.158. The topological polar surface area (TPSA) is 57.7 Å². The molecule has 5 heteroatoms. The van der Waals surface area contributed by atoms with Crippen molar-refractivity contribution in [3.8, 4) is 22.9 Å². The van der Waals surface area contributed by atoms with Crippen molar-refractivity contribution in [1.82, 2.24) is 4.98 Å². The summed E-state index contributed by atoms with van der Waals surface area (Å²) in [5.41, 5.74) is 1.93. The molecule has 1 saturated carbocycles. The summed E-state index contributed by atoms with van der Waals surface area (Å²) in [5, 5.41) is 2.12. The van der Waals surface area contributed by atoms with Crippen LogP contribution in [0.5, 0.6) is 11.6 Å². The molecule has 150 valence electrons. The minimum Gasteiger partial charge on any atom is -0.474 e. The van der Waals surface area contributed by atoms with Gasteiger partial charge in [0.05, 0.1) is 5.69 Å². The molecule has 0 N–H and O–H groups in total. The van der Waals surface area contributed by atoms with Crippen molar-refractivity contribution < 1.29 is 19.0 Å². The van der Waals surface area contributed by atoms with Gasteiger partial charge in [-0.25, -0.2) is 4.98 Å². The number of carbonyl (C=O) groups is 1. The van der Waals surface area contributed by atoms with Crippen LogP contribution in [-0.4, -0.2) is 23.3 Å². The molecule has 5 nitrogen and oxygen atoms in total. The van der Waals surface area contributed by atoms with E-state index in [1.807, 2.05) is 48.5 Å². The molecule has 0 aliphatic heterocycles. The van der Waals surface area contributed by atoms with Crippen molar-refractivity contribution in [3.05, 3.63) is 54.6 Å². The van der Waals surface area contributed by atoms with Gasteiger partial charge in [-0.2, -0.15) is 0 Å². The summed E-state index contributed by atoms with van der Waals surface area (Å²) in [6, 6.07) is 17.9. The van der Waals surface area contributed by atoms with Gasteiger partial charge in [-0.15, -0.1) is 0 Å². The van der Waals surface area contributed by atoms with E-state index in [2.05, 4.69) is 6.07 Å². The van der Waals surface area contributed by atoms with E-state index >= 15 is 0 Å². The molecule has 1 atom stereocenters. The Morgan fingerprint density at radius 1 is 1.03 bits per heavy atom. The minimum absolute atomic E-state index is 0.294. The third-order valence-corrected chi connectivity index (χ3v) is 5.05. The van der Waals surface area contributed by atoms with Crippen LogP contribution in [0.25, 0.3) is 22.0 Å². The van der Waals surface area contributed by atoms with Gasteiger partial charge in [0.25, 0.3) is 0 Å². The highest BCUT2D eigenvalue weighted by Crippen LogP contribution is 2.29. The van der Waals surface area contributed by atoms with Gasteiger partial charge < -0.3 is 14.2 Å². The second-order valence-electron chi connectivity index (χ2n) is 7.40. The van der Waals surface area contributed by atoms with E-state index in [0.29, 0.717) is 17.7 Å². The van der Waals surface area contributed by atoms with Gasteiger partial charge in [0.1, 0.15) is 11.9 Å². The molecule has 0 bridgehead atoms. The maximum atomic E-state index is 11.0. The molecule has 2 aromatic carbocycles. The van der Waals surface area contributed by atoms with Crippen molar-refractivity contribution in [2.75, 3.05) is 0 Å². The average Bonchev–Trinajstić information content (AvgIpc) is 3.20. The molecule has 0 saturated heterocycles. The van der Waals surface area contributed by atoms with Crippen LogP contribution in [-0.2, 0) is 9.53 Å². The van der Waals surface area contributed by atoms with E-state index in [1.54, 1.807) is 6.92 Å². The molecule has 1 heterocycles. The molecular weight excluding hydrogens is 366 g/mol. The standard InChI is InChI=1S/C24H25NO4/c1-16(26)27-17(2)28-22-13-12-18-14-20(11-10-19(18)15-22)23-8-5-9-24(25-23)29-21-6-3-4-7-21/h5,8-15,17,21H,3-4,6-7H2,1-2H3. The molecule has 1 unspecified atom stereocenters. The van der Waals surface area contributed by atoms with E-state index in [1.165, 1.54) is 19.8 Å². The Hall–Kier alpha value is -3.08. The number of pyridine rings is 1. The average molecular weight is 391 g/mol. The Balaban J connectivity index is 1.53. The van der Waals surface area contributed by atoms with Crippen LogP contribution >= 0.6 is 0 Å². The van der Waals surface area contributed by atoms with Gasteiger partial charge >= 0.3 is 5.97 Å². The summed E-state index contributed by atoms with van der Waals surface area (Å²) < 4.78 is 16.7. The van der Waals surface area contributed by atoms with E-state index in [0.717, 1.165) is 34.9 Å². The molecule has 4 rings (SSSR count). The number of hydrogen-bond acceptors (Lipinski definition) is 5. The van der Waals surface area contributed by atoms with Crippen molar-refractivity contribution in [1.29, 1.82) is 0 Å². The van der Waals surface area contributed by atoms with Crippen LogP contribution in [0.1, 0.15) is 39.5 Å². The lowest BCUT2D eigenvalue weighted by Gasteiger charge is -2.15.